The monoisotopic (exact) mass is 489 g/mol. The van der Waals surface area contributed by atoms with Gasteiger partial charge in [0.2, 0.25) is 0 Å². The Hall–Kier alpha value is -1.56. The number of benzene rings is 2. The summed E-state index contributed by atoms with van der Waals surface area (Å²) >= 11 is 0. The zero-order chi connectivity index (χ0) is 18.3. The maximum absolute atomic E-state index is 4.87. The standard InChI is InChI=1S/C24H31N3.HI/c1-3-9-21(10-4-1)13-7-14-23-15-8-17-26(19-23)24-25-16-18-27(24)20-22-11-5-2-6-12-22;/h1-6,9-12,23H,7-8,13-20H2;1H. The maximum Gasteiger partial charge on any atom is 0.197 e. The van der Waals surface area contributed by atoms with E-state index in [2.05, 4.69) is 70.5 Å². The molecule has 2 aromatic carbocycles. The Bertz CT molecular complexity index is 732. The van der Waals surface area contributed by atoms with Crippen LogP contribution in [0.4, 0.5) is 0 Å². The Morgan fingerprint density at radius 3 is 2.36 bits per heavy atom. The Morgan fingerprint density at radius 2 is 1.61 bits per heavy atom. The summed E-state index contributed by atoms with van der Waals surface area (Å²) in [7, 11) is 0. The van der Waals surface area contributed by atoms with Gasteiger partial charge in [0.25, 0.3) is 0 Å². The minimum Gasteiger partial charge on any atom is -0.343 e. The van der Waals surface area contributed by atoms with Crippen LogP contribution in [0.3, 0.4) is 0 Å². The minimum absolute atomic E-state index is 0. The number of aryl methyl sites for hydroxylation is 1. The molecule has 0 spiro atoms. The van der Waals surface area contributed by atoms with Crippen LogP contribution in [0, 0.1) is 5.92 Å². The van der Waals surface area contributed by atoms with E-state index in [9.17, 15) is 0 Å². The summed E-state index contributed by atoms with van der Waals surface area (Å²) in [5.41, 5.74) is 2.85. The van der Waals surface area contributed by atoms with Crippen LogP contribution in [-0.2, 0) is 13.0 Å². The first-order valence-corrected chi connectivity index (χ1v) is 10.5. The van der Waals surface area contributed by atoms with Gasteiger partial charge in [-0.2, -0.15) is 0 Å². The zero-order valence-electron chi connectivity index (χ0n) is 16.7. The van der Waals surface area contributed by atoms with Gasteiger partial charge in [-0.25, -0.2) is 0 Å². The average Bonchev–Trinajstić information content (AvgIpc) is 3.18. The lowest BCUT2D eigenvalue weighted by Gasteiger charge is -2.37. The number of hydrogen-bond donors (Lipinski definition) is 0. The first-order valence-electron chi connectivity index (χ1n) is 10.5. The van der Waals surface area contributed by atoms with Crippen LogP contribution in [0.15, 0.2) is 65.7 Å². The number of likely N-dealkylation sites (tertiary alicyclic amines) is 1. The average molecular weight is 489 g/mol. The molecule has 0 amide bonds. The van der Waals surface area contributed by atoms with Crippen LogP contribution in [0.2, 0.25) is 0 Å². The lowest BCUT2D eigenvalue weighted by molar-refractivity contribution is 0.222. The highest BCUT2D eigenvalue weighted by Gasteiger charge is 2.27. The van der Waals surface area contributed by atoms with Crippen molar-refractivity contribution in [2.45, 2.75) is 38.6 Å². The van der Waals surface area contributed by atoms with Crippen molar-refractivity contribution in [2.75, 3.05) is 26.2 Å². The molecule has 3 nitrogen and oxygen atoms in total. The van der Waals surface area contributed by atoms with Crippen LogP contribution in [0.5, 0.6) is 0 Å². The summed E-state index contributed by atoms with van der Waals surface area (Å²) in [4.78, 5) is 9.90. The molecule has 0 aliphatic carbocycles. The van der Waals surface area contributed by atoms with Gasteiger partial charge in [-0.3, -0.25) is 4.99 Å². The van der Waals surface area contributed by atoms with Gasteiger partial charge in [-0.05, 0) is 49.1 Å². The van der Waals surface area contributed by atoms with Crippen LogP contribution < -0.4 is 0 Å². The highest BCUT2D eigenvalue weighted by atomic mass is 127. The van der Waals surface area contributed by atoms with Gasteiger partial charge >= 0.3 is 0 Å². The molecule has 2 heterocycles. The maximum atomic E-state index is 4.87. The van der Waals surface area contributed by atoms with Crippen LogP contribution in [-0.4, -0.2) is 41.9 Å². The molecule has 2 aliphatic heterocycles. The number of hydrogen-bond acceptors (Lipinski definition) is 3. The molecule has 0 bridgehead atoms. The van der Waals surface area contributed by atoms with Gasteiger partial charge < -0.3 is 9.80 Å². The van der Waals surface area contributed by atoms with Crippen LogP contribution in [0.25, 0.3) is 0 Å². The van der Waals surface area contributed by atoms with Gasteiger partial charge in [0, 0.05) is 26.2 Å². The molecule has 4 rings (SSSR count). The number of halogens is 1. The zero-order valence-corrected chi connectivity index (χ0v) is 19.0. The second kappa shape index (κ2) is 10.8. The molecule has 150 valence electrons. The van der Waals surface area contributed by atoms with E-state index in [4.69, 9.17) is 4.99 Å². The minimum atomic E-state index is 0. The molecule has 0 radical (unpaired) electrons. The Balaban J connectivity index is 0.00000225. The predicted octanol–water partition coefficient (Wildman–Crippen LogP) is 5.21. The second-order valence-corrected chi connectivity index (χ2v) is 7.92. The SMILES string of the molecule is I.c1ccc(CCCC2CCCN(C3=NCCN3Cc3ccccc3)C2)cc1. The van der Waals surface area contributed by atoms with Crippen molar-refractivity contribution in [3.8, 4) is 0 Å². The van der Waals surface area contributed by atoms with E-state index < -0.39 is 0 Å². The van der Waals surface area contributed by atoms with Crippen LogP contribution >= 0.6 is 24.0 Å². The fourth-order valence-corrected chi connectivity index (χ4v) is 4.45. The highest BCUT2D eigenvalue weighted by Crippen LogP contribution is 2.24. The lowest BCUT2D eigenvalue weighted by Crippen LogP contribution is -2.46. The van der Waals surface area contributed by atoms with Crippen molar-refractivity contribution < 1.29 is 0 Å². The van der Waals surface area contributed by atoms with Gasteiger partial charge in [-0.1, -0.05) is 60.7 Å². The van der Waals surface area contributed by atoms with E-state index in [0.717, 1.165) is 25.6 Å². The number of piperidine rings is 1. The van der Waals surface area contributed by atoms with E-state index in [1.54, 1.807) is 0 Å². The fraction of sp³-hybridized carbons (Fsp3) is 0.458. The Kier molecular flexibility index (Phi) is 8.19. The molecule has 4 heteroatoms. The summed E-state index contributed by atoms with van der Waals surface area (Å²) < 4.78 is 0. The van der Waals surface area contributed by atoms with Crippen molar-refractivity contribution in [3.63, 3.8) is 0 Å². The third-order valence-corrected chi connectivity index (χ3v) is 5.84. The van der Waals surface area contributed by atoms with E-state index in [0.29, 0.717) is 0 Å². The molecular formula is C24H32IN3. The van der Waals surface area contributed by atoms with Gasteiger partial charge in [-0.15, -0.1) is 24.0 Å². The van der Waals surface area contributed by atoms with Crippen molar-refractivity contribution in [3.05, 3.63) is 71.8 Å². The number of guanidine groups is 1. The number of nitrogens with zero attached hydrogens (tertiary/aromatic N) is 3. The van der Waals surface area contributed by atoms with E-state index >= 15 is 0 Å². The summed E-state index contributed by atoms with van der Waals surface area (Å²) in [5.74, 6) is 2.05. The van der Waals surface area contributed by atoms with E-state index in [-0.39, 0.29) is 24.0 Å². The summed E-state index contributed by atoms with van der Waals surface area (Å²) in [6, 6.07) is 21.7. The Morgan fingerprint density at radius 1 is 0.893 bits per heavy atom. The quantitative estimate of drug-likeness (QED) is 0.519. The third kappa shape index (κ3) is 5.72. The molecule has 28 heavy (non-hydrogen) atoms. The normalized spacial score (nSPS) is 19.3. The largest absolute Gasteiger partial charge is 0.343 e. The second-order valence-electron chi connectivity index (χ2n) is 7.92. The molecule has 1 saturated heterocycles. The first-order chi connectivity index (χ1) is 13.4. The first kappa shape index (κ1) is 21.2. The van der Waals surface area contributed by atoms with Crippen molar-refractivity contribution >= 4 is 29.9 Å². The molecule has 1 unspecified atom stereocenters. The molecule has 0 N–H and O–H groups in total. The van der Waals surface area contributed by atoms with Crippen LogP contribution in [0.1, 0.15) is 36.8 Å². The predicted molar refractivity (Wildman–Crippen MR) is 128 cm³/mol. The molecular weight excluding hydrogens is 457 g/mol. The van der Waals surface area contributed by atoms with Gasteiger partial charge in [0.15, 0.2) is 5.96 Å². The fourth-order valence-electron chi connectivity index (χ4n) is 4.45. The summed E-state index contributed by atoms with van der Waals surface area (Å²) in [5, 5.41) is 0. The molecule has 2 aliphatic rings. The van der Waals surface area contributed by atoms with Crippen molar-refractivity contribution in [1.82, 2.24) is 9.80 Å². The van der Waals surface area contributed by atoms with Gasteiger partial charge in [0.1, 0.15) is 0 Å². The van der Waals surface area contributed by atoms with Crippen molar-refractivity contribution in [2.24, 2.45) is 10.9 Å². The topological polar surface area (TPSA) is 18.8 Å². The smallest absolute Gasteiger partial charge is 0.197 e. The molecule has 2 aromatic rings. The number of aliphatic imine (C=N–C) groups is 1. The van der Waals surface area contributed by atoms with E-state index in [1.807, 2.05) is 0 Å². The van der Waals surface area contributed by atoms with Crippen molar-refractivity contribution in [1.29, 1.82) is 0 Å². The van der Waals surface area contributed by atoms with E-state index in [1.165, 1.54) is 62.3 Å². The molecule has 0 saturated carbocycles. The number of rotatable bonds is 6. The molecule has 0 aromatic heterocycles. The molecule has 1 atom stereocenters. The highest BCUT2D eigenvalue weighted by molar-refractivity contribution is 14.0. The third-order valence-electron chi connectivity index (χ3n) is 5.84. The Labute approximate surface area is 186 Å². The summed E-state index contributed by atoms with van der Waals surface area (Å²) in [6.45, 7) is 5.32. The summed E-state index contributed by atoms with van der Waals surface area (Å²) in [6.07, 6.45) is 6.50. The van der Waals surface area contributed by atoms with Gasteiger partial charge in [0.05, 0.1) is 6.54 Å². The lowest BCUT2D eigenvalue weighted by atomic mass is 9.92. The molecule has 1 fully saturated rings.